The molecule has 3 rings (SSSR count). The van der Waals surface area contributed by atoms with Gasteiger partial charge < -0.3 is 30.1 Å². The zero-order valence-electron chi connectivity index (χ0n) is 15.3. The van der Waals surface area contributed by atoms with Gasteiger partial charge in [-0.3, -0.25) is 0 Å². The maximum atomic E-state index is 12.1. The van der Waals surface area contributed by atoms with E-state index in [1.165, 1.54) is 12.8 Å². The molecule has 3 atom stereocenters. The number of ether oxygens (including phenoxy) is 2. The van der Waals surface area contributed by atoms with Gasteiger partial charge in [-0.25, -0.2) is 4.79 Å². The van der Waals surface area contributed by atoms with Gasteiger partial charge in [-0.15, -0.1) is 0 Å². The molecule has 7 heteroatoms. The molecule has 0 aromatic heterocycles. The maximum absolute atomic E-state index is 12.1. The van der Waals surface area contributed by atoms with Crippen molar-refractivity contribution in [2.24, 2.45) is 0 Å². The zero-order valence-corrected chi connectivity index (χ0v) is 15.3. The molecule has 2 aliphatic heterocycles. The van der Waals surface area contributed by atoms with E-state index in [1.807, 2.05) is 24.3 Å². The summed E-state index contributed by atoms with van der Waals surface area (Å²) in [6.45, 7) is 4.04. The van der Waals surface area contributed by atoms with Gasteiger partial charge in [0, 0.05) is 19.6 Å². The molecule has 1 aromatic carbocycles. The first-order valence-corrected chi connectivity index (χ1v) is 9.37. The van der Waals surface area contributed by atoms with E-state index in [4.69, 9.17) is 9.47 Å². The molecule has 7 nitrogen and oxygen atoms in total. The number of hydrogen-bond acceptors (Lipinski definition) is 6. The second kappa shape index (κ2) is 9.21. The molecular weight excluding hydrogens is 334 g/mol. The van der Waals surface area contributed by atoms with Crippen LogP contribution in [0.1, 0.15) is 18.4 Å². The van der Waals surface area contributed by atoms with Gasteiger partial charge in [-0.2, -0.15) is 0 Å². The van der Waals surface area contributed by atoms with Crippen LogP contribution in [0.3, 0.4) is 0 Å². The molecule has 2 aliphatic rings. The Morgan fingerprint density at radius 2 is 2.04 bits per heavy atom. The molecule has 26 heavy (non-hydrogen) atoms. The Hall–Kier alpha value is -1.83. The number of nitrogens with one attached hydrogen (secondary N) is 2. The summed E-state index contributed by atoms with van der Waals surface area (Å²) >= 11 is 0. The van der Waals surface area contributed by atoms with Gasteiger partial charge in [0.25, 0.3) is 0 Å². The van der Waals surface area contributed by atoms with Crippen molar-refractivity contribution in [2.45, 2.75) is 37.5 Å². The Labute approximate surface area is 154 Å². The van der Waals surface area contributed by atoms with E-state index < -0.39 is 18.3 Å². The van der Waals surface area contributed by atoms with Gasteiger partial charge in [-0.05, 0) is 50.0 Å². The number of β-amino-alcohol motifs (C(OH)–C–C–N with tert-alkyl or cyclic N) is 1. The van der Waals surface area contributed by atoms with Crippen LogP contribution >= 0.6 is 0 Å². The number of amides is 1. The number of benzene rings is 1. The second-order valence-electron chi connectivity index (χ2n) is 6.98. The molecular formula is C19H29N3O4. The highest BCUT2D eigenvalue weighted by molar-refractivity contribution is 5.67. The van der Waals surface area contributed by atoms with Crippen LogP contribution < -0.4 is 15.4 Å². The third-order valence-electron chi connectivity index (χ3n) is 5.12. The van der Waals surface area contributed by atoms with Crippen LogP contribution in [0.25, 0.3) is 0 Å². The van der Waals surface area contributed by atoms with Crippen molar-refractivity contribution in [1.82, 2.24) is 15.5 Å². The smallest absolute Gasteiger partial charge is 0.407 e. The van der Waals surface area contributed by atoms with Crippen molar-refractivity contribution in [1.29, 1.82) is 0 Å². The summed E-state index contributed by atoms with van der Waals surface area (Å²) in [7, 11) is 1.64. The molecule has 2 fully saturated rings. The van der Waals surface area contributed by atoms with E-state index in [2.05, 4.69) is 15.5 Å². The standard InChI is InChI=1S/C19H29N3O4/c1-25-15-6-4-14(5-7-15)12-16-18(17(23)13-21-16)26-19(24)20-8-11-22-9-2-3-10-22/h4-7,16-18,21,23H,2-3,8-13H2,1H3,(H,20,24)/t16-,17+,18+/m1/s1. The molecule has 0 saturated carbocycles. The first kappa shape index (κ1) is 18.9. The van der Waals surface area contributed by atoms with Crippen molar-refractivity contribution in [2.75, 3.05) is 39.8 Å². The number of nitrogens with zero attached hydrogens (tertiary/aromatic N) is 1. The number of likely N-dealkylation sites (tertiary alicyclic amines) is 1. The first-order valence-electron chi connectivity index (χ1n) is 9.37. The van der Waals surface area contributed by atoms with Crippen LogP contribution in [0, 0.1) is 0 Å². The minimum Gasteiger partial charge on any atom is -0.497 e. The number of alkyl carbamates (subject to hydrolysis) is 1. The lowest BCUT2D eigenvalue weighted by Gasteiger charge is -2.22. The third kappa shape index (κ3) is 5.09. The molecule has 0 bridgehead atoms. The average molecular weight is 363 g/mol. The molecule has 0 spiro atoms. The Morgan fingerprint density at radius 3 is 2.73 bits per heavy atom. The van der Waals surface area contributed by atoms with Gasteiger partial charge in [-0.1, -0.05) is 12.1 Å². The lowest BCUT2D eigenvalue weighted by molar-refractivity contribution is 0.0188. The minimum atomic E-state index is -0.692. The summed E-state index contributed by atoms with van der Waals surface area (Å²) in [6.07, 6.45) is 1.44. The van der Waals surface area contributed by atoms with Gasteiger partial charge in [0.1, 0.15) is 18.0 Å². The Balaban J connectivity index is 1.46. The Kier molecular flexibility index (Phi) is 6.71. The predicted molar refractivity (Wildman–Crippen MR) is 98.4 cm³/mol. The number of aliphatic hydroxyl groups is 1. The van der Waals surface area contributed by atoms with Crippen LogP contribution in [0.2, 0.25) is 0 Å². The number of rotatable bonds is 7. The highest BCUT2D eigenvalue weighted by Gasteiger charge is 2.37. The summed E-state index contributed by atoms with van der Waals surface area (Å²) in [5.41, 5.74) is 1.10. The topological polar surface area (TPSA) is 83.1 Å². The largest absolute Gasteiger partial charge is 0.497 e. The van der Waals surface area contributed by atoms with Crippen molar-refractivity contribution < 1.29 is 19.4 Å². The second-order valence-corrected chi connectivity index (χ2v) is 6.98. The normalized spacial score (nSPS) is 26.0. The van der Waals surface area contributed by atoms with Crippen molar-refractivity contribution >= 4 is 6.09 Å². The molecule has 3 N–H and O–H groups in total. The summed E-state index contributed by atoms with van der Waals surface area (Å²) in [5.74, 6) is 0.804. The lowest BCUT2D eigenvalue weighted by atomic mass is 10.0. The highest BCUT2D eigenvalue weighted by atomic mass is 16.6. The fourth-order valence-corrected chi connectivity index (χ4v) is 3.62. The van der Waals surface area contributed by atoms with Crippen molar-refractivity contribution in [3.05, 3.63) is 29.8 Å². The van der Waals surface area contributed by atoms with Crippen LogP contribution in [-0.2, 0) is 11.2 Å². The van der Waals surface area contributed by atoms with Gasteiger partial charge >= 0.3 is 6.09 Å². The van der Waals surface area contributed by atoms with Crippen LogP contribution in [-0.4, -0.2) is 74.2 Å². The van der Waals surface area contributed by atoms with E-state index in [9.17, 15) is 9.90 Å². The van der Waals surface area contributed by atoms with Crippen LogP contribution in [0.15, 0.2) is 24.3 Å². The summed E-state index contributed by atoms with van der Waals surface area (Å²) in [5, 5.41) is 16.2. The van der Waals surface area contributed by atoms with E-state index >= 15 is 0 Å². The summed E-state index contributed by atoms with van der Waals surface area (Å²) in [6, 6.07) is 7.67. The molecule has 144 valence electrons. The van der Waals surface area contributed by atoms with E-state index in [0.29, 0.717) is 19.5 Å². The number of hydrogen-bond donors (Lipinski definition) is 3. The van der Waals surface area contributed by atoms with Gasteiger partial charge in [0.2, 0.25) is 0 Å². The lowest BCUT2D eigenvalue weighted by Crippen LogP contribution is -2.42. The molecule has 1 amide bonds. The average Bonchev–Trinajstić information content (AvgIpc) is 3.28. The van der Waals surface area contributed by atoms with E-state index in [0.717, 1.165) is 30.9 Å². The van der Waals surface area contributed by atoms with Crippen LogP contribution in [0.5, 0.6) is 5.75 Å². The first-order chi connectivity index (χ1) is 12.7. The number of methoxy groups -OCH3 is 1. The SMILES string of the molecule is COc1ccc(C[C@H]2NC[C@H](O)[C@H]2OC(=O)NCCN2CCCC2)cc1. The van der Waals surface area contributed by atoms with Crippen molar-refractivity contribution in [3.63, 3.8) is 0 Å². The van der Waals surface area contributed by atoms with Crippen molar-refractivity contribution in [3.8, 4) is 5.75 Å². The quantitative estimate of drug-likeness (QED) is 0.664. The van der Waals surface area contributed by atoms with E-state index in [1.54, 1.807) is 7.11 Å². The predicted octanol–water partition coefficient (Wildman–Crippen LogP) is 0.761. The zero-order chi connectivity index (χ0) is 18.4. The third-order valence-corrected chi connectivity index (χ3v) is 5.12. The molecule has 2 saturated heterocycles. The fourth-order valence-electron chi connectivity index (χ4n) is 3.62. The molecule has 2 heterocycles. The molecule has 1 aromatic rings. The Bertz CT molecular complexity index is 575. The number of carbonyl (C=O) groups excluding carboxylic acids is 1. The van der Waals surface area contributed by atoms with Crippen LogP contribution in [0.4, 0.5) is 4.79 Å². The van der Waals surface area contributed by atoms with Gasteiger partial charge in [0.05, 0.1) is 13.2 Å². The minimum absolute atomic E-state index is 0.109. The van der Waals surface area contributed by atoms with Gasteiger partial charge in [0.15, 0.2) is 0 Å². The molecule has 0 radical (unpaired) electrons. The fraction of sp³-hybridized carbons (Fsp3) is 0.632. The molecule has 0 unspecified atom stereocenters. The molecule has 0 aliphatic carbocycles. The monoisotopic (exact) mass is 363 g/mol. The summed E-state index contributed by atoms with van der Waals surface area (Å²) < 4.78 is 10.7. The number of aliphatic hydroxyl groups excluding tert-OH is 1. The highest BCUT2D eigenvalue weighted by Crippen LogP contribution is 2.19. The number of carbonyl (C=O) groups is 1. The summed E-state index contributed by atoms with van der Waals surface area (Å²) in [4.78, 5) is 14.4. The van der Waals surface area contributed by atoms with E-state index in [-0.39, 0.29) is 6.04 Å². The Morgan fingerprint density at radius 1 is 1.31 bits per heavy atom. The maximum Gasteiger partial charge on any atom is 0.407 e.